The van der Waals surface area contributed by atoms with E-state index in [1.54, 1.807) is 7.11 Å². The molecular weight excluding hydrogens is 312 g/mol. The molecule has 9 nitrogen and oxygen atoms in total. The molecule has 3 heterocycles. The number of aromatic nitrogens is 4. The van der Waals surface area contributed by atoms with E-state index in [0.717, 1.165) is 26.2 Å². The van der Waals surface area contributed by atoms with E-state index in [-0.39, 0.29) is 5.41 Å². The molecule has 0 spiro atoms. The molecule has 9 heteroatoms. The zero-order chi connectivity index (χ0) is 17.2. The summed E-state index contributed by atoms with van der Waals surface area (Å²) in [4.78, 5) is 13.2. The van der Waals surface area contributed by atoms with Gasteiger partial charge in [-0.2, -0.15) is 9.97 Å². The lowest BCUT2D eigenvalue weighted by molar-refractivity contribution is 0.174. The van der Waals surface area contributed by atoms with Crippen LogP contribution in [0.25, 0.3) is 0 Å². The number of hydrogen-bond acceptors (Lipinski definition) is 9. The van der Waals surface area contributed by atoms with Gasteiger partial charge in [0.05, 0.1) is 6.54 Å². The monoisotopic (exact) mass is 336 g/mol. The predicted octanol–water partition coefficient (Wildman–Crippen LogP) is 1.22. The van der Waals surface area contributed by atoms with Crippen LogP contribution in [0.5, 0.6) is 0 Å². The van der Waals surface area contributed by atoms with Crippen molar-refractivity contribution in [2.24, 2.45) is 0 Å². The summed E-state index contributed by atoms with van der Waals surface area (Å²) in [5.41, 5.74) is -0.134. The van der Waals surface area contributed by atoms with Crippen LogP contribution in [0.15, 0.2) is 9.05 Å². The molecule has 1 fully saturated rings. The van der Waals surface area contributed by atoms with Crippen LogP contribution in [0.1, 0.15) is 38.4 Å². The number of piperazine rings is 1. The van der Waals surface area contributed by atoms with Gasteiger partial charge in [-0.15, -0.1) is 0 Å². The minimum atomic E-state index is -0.134. The fraction of sp³-hybridized carbons (Fsp3) is 0.733. The zero-order valence-electron chi connectivity index (χ0n) is 14.7. The fourth-order valence-corrected chi connectivity index (χ4v) is 2.49. The van der Waals surface area contributed by atoms with Gasteiger partial charge in [0, 0.05) is 38.7 Å². The molecule has 2 aromatic heterocycles. The highest BCUT2D eigenvalue weighted by molar-refractivity contribution is 5.29. The molecule has 0 aromatic carbocycles. The fourth-order valence-electron chi connectivity index (χ4n) is 2.49. The van der Waals surface area contributed by atoms with Gasteiger partial charge in [-0.05, 0) is 5.16 Å². The lowest BCUT2D eigenvalue weighted by Gasteiger charge is -2.32. The summed E-state index contributed by atoms with van der Waals surface area (Å²) in [6.45, 7) is 10.6. The van der Waals surface area contributed by atoms with E-state index in [4.69, 9.17) is 13.8 Å². The number of hydrogen-bond donors (Lipinski definition) is 0. The summed E-state index contributed by atoms with van der Waals surface area (Å²) in [6.07, 6.45) is 0. The molecule has 3 rings (SSSR count). The van der Waals surface area contributed by atoms with Crippen molar-refractivity contribution in [2.45, 2.75) is 39.3 Å². The third-order valence-electron chi connectivity index (χ3n) is 3.85. The highest BCUT2D eigenvalue weighted by Crippen LogP contribution is 2.23. The molecule has 1 aliphatic rings. The second kappa shape index (κ2) is 6.86. The predicted molar refractivity (Wildman–Crippen MR) is 85.5 cm³/mol. The van der Waals surface area contributed by atoms with Crippen LogP contribution in [0.4, 0.5) is 5.95 Å². The van der Waals surface area contributed by atoms with Gasteiger partial charge in [0.1, 0.15) is 6.61 Å². The standard InChI is InChI=1S/C15H24N6O3/c1-15(2,3)13-17-14(19-24-13)21-7-5-20(6-8-21)9-12-16-11(10-22-4)18-23-12/h5-10H2,1-4H3. The molecule has 0 saturated carbocycles. The maximum Gasteiger partial charge on any atom is 0.266 e. The lowest BCUT2D eigenvalue weighted by atomic mass is 9.97. The number of anilines is 1. The maximum atomic E-state index is 5.37. The molecule has 0 bridgehead atoms. The zero-order valence-corrected chi connectivity index (χ0v) is 14.7. The van der Waals surface area contributed by atoms with E-state index in [1.165, 1.54) is 0 Å². The summed E-state index contributed by atoms with van der Waals surface area (Å²) in [7, 11) is 1.61. The minimum Gasteiger partial charge on any atom is -0.377 e. The molecule has 0 aliphatic carbocycles. The normalized spacial score (nSPS) is 16.8. The molecule has 1 aliphatic heterocycles. The van der Waals surface area contributed by atoms with Gasteiger partial charge in [-0.3, -0.25) is 4.90 Å². The van der Waals surface area contributed by atoms with E-state index >= 15 is 0 Å². The Morgan fingerprint density at radius 2 is 1.79 bits per heavy atom. The van der Waals surface area contributed by atoms with E-state index in [9.17, 15) is 0 Å². The Hall–Kier alpha value is -2.00. The lowest BCUT2D eigenvalue weighted by Crippen LogP contribution is -2.46. The second-order valence-corrected chi connectivity index (χ2v) is 6.95. The Morgan fingerprint density at radius 1 is 1.04 bits per heavy atom. The number of nitrogens with zero attached hydrogens (tertiary/aromatic N) is 6. The summed E-state index contributed by atoms with van der Waals surface area (Å²) in [5.74, 6) is 2.52. The van der Waals surface area contributed by atoms with Gasteiger partial charge in [0.25, 0.3) is 5.95 Å². The molecule has 2 aromatic rings. The Kier molecular flexibility index (Phi) is 4.81. The smallest absolute Gasteiger partial charge is 0.266 e. The molecule has 0 N–H and O–H groups in total. The quantitative estimate of drug-likeness (QED) is 0.798. The van der Waals surface area contributed by atoms with Crippen molar-refractivity contribution in [3.05, 3.63) is 17.6 Å². The van der Waals surface area contributed by atoms with Crippen LogP contribution in [-0.2, 0) is 23.3 Å². The van der Waals surface area contributed by atoms with Crippen molar-refractivity contribution in [1.82, 2.24) is 25.2 Å². The first-order valence-electron chi connectivity index (χ1n) is 8.07. The molecule has 132 valence electrons. The first-order valence-corrected chi connectivity index (χ1v) is 8.07. The molecule has 0 radical (unpaired) electrons. The number of methoxy groups -OCH3 is 1. The van der Waals surface area contributed by atoms with Gasteiger partial charge in [-0.25, -0.2) is 0 Å². The number of rotatable bonds is 5. The van der Waals surface area contributed by atoms with Gasteiger partial charge in [-0.1, -0.05) is 25.9 Å². The van der Waals surface area contributed by atoms with Crippen LogP contribution in [0.2, 0.25) is 0 Å². The average molecular weight is 336 g/mol. The van der Waals surface area contributed by atoms with Gasteiger partial charge >= 0.3 is 0 Å². The highest BCUT2D eigenvalue weighted by atomic mass is 16.5. The van der Waals surface area contributed by atoms with E-state index < -0.39 is 0 Å². The Labute approximate surface area is 141 Å². The molecular formula is C15H24N6O3. The van der Waals surface area contributed by atoms with Crippen LogP contribution in [-0.4, -0.2) is 58.5 Å². The Balaban J connectivity index is 1.52. The van der Waals surface area contributed by atoms with Gasteiger partial charge in [0.15, 0.2) is 5.82 Å². The van der Waals surface area contributed by atoms with Crippen molar-refractivity contribution >= 4 is 5.95 Å². The molecule has 24 heavy (non-hydrogen) atoms. The molecule has 0 amide bonds. The van der Waals surface area contributed by atoms with Crippen molar-refractivity contribution in [2.75, 3.05) is 38.2 Å². The van der Waals surface area contributed by atoms with Crippen molar-refractivity contribution in [1.29, 1.82) is 0 Å². The first-order chi connectivity index (χ1) is 11.5. The molecule has 0 unspecified atom stereocenters. The third-order valence-corrected chi connectivity index (χ3v) is 3.85. The highest BCUT2D eigenvalue weighted by Gasteiger charge is 2.26. The summed E-state index contributed by atoms with van der Waals surface area (Å²) < 4.78 is 15.6. The third kappa shape index (κ3) is 3.90. The SMILES string of the molecule is COCc1noc(CN2CCN(c3noc(C(C)(C)C)n3)CC2)n1. The van der Waals surface area contributed by atoms with Crippen molar-refractivity contribution in [3.63, 3.8) is 0 Å². The van der Waals surface area contributed by atoms with Gasteiger partial charge in [0.2, 0.25) is 11.8 Å². The van der Waals surface area contributed by atoms with Crippen molar-refractivity contribution in [3.8, 4) is 0 Å². The molecule has 1 saturated heterocycles. The van der Waals surface area contributed by atoms with Crippen molar-refractivity contribution < 1.29 is 13.8 Å². The number of ether oxygens (including phenoxy) is 1. The summed E-state index contributed by atoms with van der Waals surface area (Å²) in [5, 5.41) is 7.98. The topological polar surface area (TPSA) is 93.6 Å². The van der Waals surface area contributed by atoms with Gasteiger partial charge < -0.3 is 18.7 Å². The minimum absolute atomic E-state index is 0.134. The second-order valence-electron chi connectivity index (χ2n) is 6.95. The molecule has 0 atom stereocenters. The van der Waals surface area contributed by atoms with E-state index in [0.29, 0.717) is 36.7 Å². The van der Waals surface area contributed by atoms with Crippen LogP contribution >= 0.6 is 0 Å². The summed E-state index contributed by atoms with van der Waals surface area (Å²) in [6, 6.07) is 0. The average Bonchev–Trinajstić information content (AvgIpc) is 3.18. The van der Waals surface area contributed by atoms with Crippen LogP contribution in [0, 0.1) is 0 Å². The Bertz CT molecular complexity index is 654. The Morgan fingerprint density at radius 3 is 2.42 bits per heavy atom. The van der Waals surface area contributed by atoms with E-state index in [1.807, 2.05) is 0 Å². The first kappa shape index (κ1) is 16.8. The summed E-state index contributed by atoms with van der Waals surface area (Å²) >= 11 is 0. The largest absolute Gasteiger partial charge is 0.377 e. The van der Waals surface area contributed by atoms with Crippen LogP contribution < -0.4 is 4.90 Å². The van der Waals surface area contributed by atoms with Crippen LogP contribution in [0.3, 0.4) is 0 Å². The maximum absolute atomic E-state index is 5.37. The van der Waals surface area contributed by atoms with E-state index in [2.05, 4.69) is 50.9 Å².